The van der Waals surface area contributed by atoms with Gasteiger partial charge in [-0.25, -0.2) is 0 Å². The van der Waals surface area contributed by atoms with Crippen LogP contribution >= 0.6 is 7.92 Å². The number of carbonyl (C=O) groups is 2. The predicted octanol–water partition coefficient (Wildman–Crippen LogP) is 5.42. The predicted molar refractivity (Wildman–Crippen MR) is 162 cm³/mol. The molecule has 0 saturated heterocycles. The van der Waals surface area contributed by atoms with E-state index in [-0.39, 0.29) is 11.8 Å². The van der Waals surface area contributed by atoms with Crippen molar-refractivity contribution in [2.24, 2.45) is 0 Å². The number of benzene rings is 5. The van der Waals surface area contributed by atoms with Crippen LogP contribution in [0.4, 0.5) is 5.69 Å². The minimum absolute atomic E-state index is 0.260. The molecule has 5 rings (SSSR count). The zero-order valence-corrected chi connectivity index (χ0v) is 22.3. The fourth-order valence-electron chi connectivity index (χ4n) is 4.49. The third-order valence-electron chi connectivity index (χ3n) is 6.36. The Hall–Kier alpha value is -4.53. The van der Waals surface area contributed by atoms with Crippen molar-refractivity contribution in [3.05, 3.63) is 157 Å². The van der Waals surface area contributed by atoms with Crippen molar-refractivity contribution in [1.29, 1.82) is 0 Å². The van der Waals surface area contributed by atoms with Gasteiger partial charge in [-0.2, -0.15) is 0 Å². The van der Waals surface area contributed by atoms with Gasteiger partial charge in [-0.1, -0.05) is 127 Å². The van der Waals surface area contributed by atoms with Gasteiger partial charge in [-0.15, -0.1) is 0 Å². The monoisotopic (exact) mass is 528 g/mol. The molecule has 0 aliphatic heterocycles. The van der Waals surface area contributed by atoms with E-state index >= 15 is 0 Å². The average Bonchev–Trinajstić information content (AvgIpc) is 2.99. The third kappa shape index (κ3) is 6.67. The summed E-state index contributed by atoms with van der Waals surface area (Å²) >= 11 is 0. The van der Waals surface area contributed by atoms with Crippen molar-refractivity contribution in [2.75, 3.05) is 5.32 Å². The van der Waals surface area contributed by atoms with E-state index in [0.717, 1.165) is 21.5 Å². The molecule has 0 saturated carbocycles. The largest absolute Gasteiger partial charge is 0.340 e. The van der Waals surface area contributed by atoms with E-state index in [2.05, 4.69) is 34.9 Å². The topological polar surface area (TPSA) is 58.2 Å². The summed E-state index contributed by atoms with van der Waals surface area (Å²) in [4.78, 5) is 27.3. The Morgan fingerprint density at radius 1 is 0.590 bits per heavy atom. The second-order valence-electron chi connectivity index (χ2n) is 9.09. The summed E-state index contributed by atoms with van der Waals surface area (Å²) in [5.41, 5.74) is 2.23. The zero-order valence-electron chi connectivity index (χ0n) is 21.4. The van der Waals surface area contributed by atoms with Gasteiger partial charge in [0.05, 0.1) is 0 Å². The van der Waals surface area contributed by atoms with E-state index in [1.54, 1.807) is 0 Å². The van der Waals surface area contributed by atoms with Gasteiger partial charge in [-0.05, 0) is 47.6 Å². The van der Waals surface area contributed by atoms with Crippen LogP contribution in [-0.2, 0) is 11.2 Å². The van der Waals surface area contributed by atoms with E-state index in [9.17, 15) is 9.59 Å². The Balaban J connectivity index is 1.48. The Labute approximate surface area is 230 Å². The number of anilines is 1. The molecule has 0 unspecified atom stereocenters. The molecule has 2 amide bonds. The van der Waals surface area contributed by atoms with E-state index in [0.29, 0.717) is 17.7 Å². The minimum atomic E-state index is -0.989. The number of amides is 2. The second-order valence-corrected chi connectivity index (χ2v) is 11.3. The lowest BCUT2D eigenvalue weighted by atomic mass is 10.0. The summed E-state index contributed by atoms with van der Waals surface area (Å²) in [7, 11) is -0.989. The molecule has 1 atom stereocenters. The number of nitrogens with one attached hydrogen (secondary N) is 2. The summed E-state index contributed by atoms with van der Waals surface area (Å²) in [6.07, 6.45) is 0.375. The lowest BCUT2D eigenvalue weighted by Gasteiger charge is -2.23. The Kier molecular flexibility index (Phi) is 8.58. The lowest BCUT2D eigenvalue weighted by Crippen LogP contribution is -2.46. The molecule has 0 spiro atoms. The Morgan fingerprint density at radius 2 is 1.08 bits per heavy atom. The van der Waals surface area contributed by atoms with E-state index in [1.165, 1.54) is 0 Å². The normalized spacial score (nSPS) is 11.5. The molecule has 5 aromatic carbocycles. The highest BCUT2D eigenvalue weighted by Crippen LogP contribution is 2.34. The summed E-state index contributed by atoms with van der Waals surface area (Å²) in [5, 5.41) is 9.27. The summed E-state index contributed by atoms with van der Waals surface area (Å²) in [6, 6.07) is 46.6. The van der Waals surface area contributed by atoms with Crippen molar-refractivity contribution in [2.45, 2.75) is 12.5 Å². The van der Waals surface area contributed by atoms with Gasteiger partial charge in [0.15, 0.2) is 0 Å². The smallest absolute Gasteiger partial charge is 0.252 e. The number of hydrogen-bond acceptors (Lipinski definition) is 2. The van der Waals surface area contributed by atoms with Crippen molar-refractivity contribution in [1.82, 2.24) is 5.32 Å². The first-order chi connectivity index (χ1) is 19.2. The number of rotatable bonds is 9. The first-order valence-corrected chi connectivity index (χ1v) is 14.2. The maximum Gasteiger partial charge on any atom is 0.252 e. The van der Waals surface area contributed by atoms with Crippen molar-refractivity contribution in [3.63, 3.8) is 0 Å². The van der Waals surface area contributed by atoms with Gasteiger partial charge < -0.3 is 10.6 Å². The van der Waals surface area contributed by atoms with Crippen LogP contribution in [0, 0.1) is 0 Å². The molecular formula is C34H29N2O2P. The quantitative estimate of drug-likeness (QED) is 0.251. The van der Waals surface area contributed by atoms with Crippen LogP contribution in [0.2, 0.25) is 0 Å². The van der Waals surface area contributed by atoms with Crippen LogP contribution < -0.4 is 26.5 Å². The highest BCUT2D eigenvalue weighted by Gasteiger charge is 2.26. The second kappa shape index (κ2) is 12.8. The molecular weight excluding hydrogens is 499 g/mol. The Morgan fingerprint density at radius 3 is 1.67 bits per heavy atom. The van der Waals surface area contributed by atoms with Crippen LogP contribution in [0.15, 0.2) is 146 Å². The van der Waals surface area contributed by atoms with Crippen molar-refractivity contribution >= 4 is 41.3 Å². The third-order valence-corrected chi connectivity index (χ3v) is 8.87. The fraction of sp³-hybridized carbons (Fsp3) is 0.0588. The van der Waals surface area contributed by atoms with Gasteiger partial charge in [0.2, 0.25) is 5.91 Å². The number of carbonyl (C=O) groups excluding carboxylic acids is 2. The summed E-state index contributed by atoms with van der Waals surface area (Å²) in [6.45, 7) is 0. The van der Waals surface area contributed by atoms with Crippen LogP contribution in [-0.4, -0.2) is 17.9 Å². The van der Waals surface area contributed by atoms with Gasteiger partial charge in [0.1, 0.15) is 6.04 Å². The van der Waals surface area contributed by atoms with Crippen LogP contribution in [0.25, 0.3) is 0 Å². The molecule has 0 heterocycles. The molecule has 4 nitrogen and oxygen atoms in total. The average molecular weight is 529 g/mol. The highest BCUT2D eigenvalue weighted by molar-refractivity contribution is 7.80. The molecule has 0 aliphatic carbocycles. The van der Waals surface area contributed by atoms with E-state index < -0.39 is 14.0 Å². The first kappa shape index (κ1) is 26.1. The lowest BCUT2D eigenvalue weighted by molar-refractivity contribution is -0.118. The molecule has 5 heteroatoms. The molecule has 192 valence electrons. The fourth-order valence-corrected chi connectivity index (χ4v) is 6.94. The number of hydrogen-bond donors (Lipinski definition) is 2. The molecule has 0 bridgehead atoms. The maximum atomic E-state index is 13.9. The highest BCUT2D eigenvalue weighted by atomic mass is 31.1. The molecule has 0 fully saturated rings. The van der Waals surface area contributed by atoms with Crippen molar-refractivity contribution < 1.29 is 9.59 Å². The van der Waals surface area contributed by atoms with E-state index in [4.69, 9.17) is 0 Å². The minimum Gasteiger partial charge on any atom is -0.340 e. The molecule has 5 aromatic rings. The first-order valence-electron chi connectivity index (χ1n) is 12.9. The molecule has 39 heavy (non-hydrogen) atoms. The molecule has 0 aliphatic rings. The number of para-hydroxylation sites is 1. The molecule has 0 aromatic heterocycles. The van der Waals surface area contributed by atoms with Gasteiger partial charge in [0, 0.05) is 17.7 Å². The SMILES string of the molecule is O=C(N[C@@H](Cc1ccccc1)C(=O)Nc1ccccc1)c1ccccc1P(c1ccccc1)c1ccccc1. The summed E-state index contributed by atoms with van der Waals surface area (Å²) < 4.78 is 0. The van der Waals surface area contributed by atoms with Gasteiger partial charge in [0.25, 0.3) is 5.91 Å². The van der Waals surface area contributed by atoms with E-state index in [1.807, 2.05) is 121 Å². The maximum absolute atomic E-state index is 13.9. The van der Waals surface area contributed by atoms with Crippen LogP contribution in [0.1, 0.15) is 15.9 Å². The zero-order chi connectivity index (χ0) is 26.9. The van der Waals surface area contributed by atoms with Gasteiger partial charge in [-0.3, -0.25) is 9.59 Å². The summed E-state index contributed by atoms with van der Waals surface area (Å²) in [5.74, 6) is -0.529. The van der Waals surface area contributed by atoms with Gasteiger partial charge >= 0.3 is 0 Å². The standard InChI is InChI=1S/C34H29N2O2P/c37-33(36-31(25-26-15-5-1-6-16-26)34(38)35-27-17-7-2-8-18-27)30-23-13-14-24-32(30)39(28-19-9-3-10-20-28)29-21-11-4-12-22-29/h1-24,31H,25H2,(H,35,38)(H,36,37)/t31-/m0/s1. The molecule has 0 radical (unpaired) electrons. The molecule has 2 N–H and O–H groups in total. The van der Waals surface area contributed by atoms with Crippen LogP contribution in [0.5, 0.6) is 0 Å². The van der Waals surface area contributed by atoms with Crippen LogP contribution in [0.3, 0.4) is 0 Å². The Bertz CT molecular complexity index is 1470. The van der Waals surface area contributed by atoms with Crippen molar-refractivity contribution in [3.8, 4) is 0 Å².